The summed E-state index contributed by atoms with van der Waals surface area (Å²) in [5.74, 6) is 0. The van der Waals surface area contributed by atoms with Crippen molar-refractivity contribution in [3.63, 3.8) is 0 Å². The number of hydrogen-bond acceptors (Lipinski definition) is 2. The molecule has 0 aromatic rings. The van der Waals surface area contributed by atoms with Gasteiger partial charge in [-0.1, -0.05) is 45.2 Å². The highest BCUT2D eigenvalue weighted by atomic mass is 16.3. The summed E-state index contributed by atoms with van der Waals surface area (Å²) < 4.78 is 0. The van der Waals surface area contributed by atoms with Crippen molar-refractivity contribution < 1.29 is 0 Å². The highest BCUT2D eigenvalue weighted by Gasteiger charge is 2.25. The van der Waals surface area contributed by atoms with Crippen LogP contribution < -0.4 is 0 Å². The van der Waals surface area contributed by atoms with Gasteiger partial charge in [-0.2, -0.15) is 4.91 Å². The van der Waals surface area contributed by atoms with E-state index in [1.165, 1.54) is 12.8 Å². The maximum Gasteiger partial charge on any atom is 0.102 e. The Morgan fingerprint density at radius 3 is 2.00 bits per heavy atom. The number of hydrogen-bond donors (Lipinski definition) is 0. The molecule has 0 aliphatic heterocycles. The molecule has 0 radical (unpaired) electrons. The quantitative estimate of drug-likeness (QED) is 0.422. The maximum absolute atomic E-state index is 10.6. The van der Waals surface area contributed by atoms with Crippen molar-refractivity contribution in [2.45, 2.75) is 64.8 Å². The molecule has 0 aliphatic rings. The van der Waals surface area contributed by atoms with Gasteiger partial charge in [-0.05, 0) is 19.3 Å². The Balaban J connectivity index is 3.84. The third-order valence-corrected chi connectivity index (χ3v) is 2.76. The van der Waals surface area contributed by atoms with E-state index in [0.29, 0.717) is 0 Å². The van der Waals surface area contributed by atoms with E-state index in [9.17, 15) is 4.91 Å². The van der Waals surface area contributed by atoms with Crippen LogP contribution in [0.1, 0.15) is 59.3 Å². The van der Waals surface area contributed by atoms with Gasteiger partial charge < -0.3 is 0 Å². The Kier molecular flexibility index (Phi) is 5.95. The van der Waals surface area contributed by atoms with E-state index in [1.807, 2.05) is 0 Å². The average molecular weight is 171 g/mol. The smallest absolute Gasteiger partial charge is 0.102 e. The Labute approximate surface area is 75.7 Å². The zero-order chi connectivity index (χ0) is 9.45. The number of nitroso groups, excluding NO2 is 1. The fourth-order valence-corrected chi connectivity index (χ4v) is 1.48. The van der Waals surface area contributed by atoms with Gasteiger partial charge in [0.2, 0.25) is 0 Å². The normalized spacial score (nSPS) is 11.6. The van der Waals surface area contributed by atoms with Crippen molar-refractivity contribution in [2.24, 2.45) is 5.18 Å². The van der Waals surface area contributed by atoms with Gasteiger partial charge in [0.1, 0.15) is 5.54 Å². The summed E-state index contributed by atoms with van der Waals surface area (Å²) >= 11 is 0. The summed E-state index contributed by atoms with van der Waals surface area (Å²) in [5.41, 5.74) is -0.255. The molecule has 0 rings (SSSR count). The van der Waals surface area contributed by atoms with Crippen LogP contribution in [0.5, 0.6) is 0 Å². The molecule has 0 N–H and O–H groups in total. The van der Waals surface area contributed by atoms with E-state index >= 15 is 0 Å². The lowest BCUT2D eigenvalue weighted by molar-refractivity contribution is 0.352. The summed E-state index contributed by atoms with van der Waals surface area (Å²) in [6, 6.07) is 0. The van der Waals surface area contributed by atoms with Crippen molar-refractivity contribution >= 4 is 0 Å². The van der Waals surface area contributed by atoms with Crippen LogP contribution in [0.15, 0.2) is 5.18 Å². The first-order valence-electron chi connectivity index (χ1n) is 5.09. The van der Waals surface area contributed by atoms with Crippen molar-refractivity contribution in [2.75, 3.05) is 0 Å². The maximum atomic E-state index is 10.6. The van der Waals surface area contributed by atoms with Crippen molar-refractivity contribution in [1.82, 2.24) is 0 Å². The second-order valence-electron chi connectivity index (χ2n) is 3.48. The van der Waals surface area contributed by atoms with Gasteiger partial charge in [0.15, 0.2) is 0 Å². The molecule has 0 aliphatic carbocycles. The first kappa shape index (κ1) is 11.6. The number of unbranched alkanes of at least 4 members (excludes halogenated alkanes) is 2. The molecule has 0 unspecified atom stereocenters. The molecule has 12 heavy (non-hydrogen) atoms. The SMILES string of the molecule is CCCCCC(CC)(CC)N=O. The van der Waals surface area contributed by atoms with Gasteiger partial charge in [0.25, 0.3) is 0 Å². The molecule has 0 atom stereocenters. The molecule has 0 saturated carbocycles. The van der Waals surface area contributed by atoms with E-state index in [2.05, 4.69) is 25.9 Å². The van der Waals surface area contributed by atoms with Gasteiger partial charge in [-0.15, -0.1) is 0 Å². The fourth-order valence-electron chi connectivity index (χ4n) is 1.48. The predicted molar refractivity (Wildman–Crippen MR) is 53.3 cm³/mol. The molecule has 0 bridgehead atoms. The molecule has 0 saturated heterocycles. The minimum Gasteiger partial charge on any atom is -0.150 e. The summed E-state index contributed by atoms with van der Waals surface area (Å²) in [6.45, 7) is 6.28. The minimum absolute atomic E-state index is 0.255. The van der Waals surface area contributed by atoms with Crippen LogP contribution in [-0.2, 0) is 0 Å². The molecule has 0 amide bonds. The van der Waals surface area contributed by atoms with Crippen LogP contribution >= 0.6 is 0 Å². The summed E-state index contributed by atoms with van der Waals surface area (Å²) in [7, 11) is 0. The first-order chi connectivity index (χ1) is 5.74. The molecular formula is C10H21NO. The highest BCUT2D eigenvalue weighted by Crippen LogP contribution is 2.26. The molecule has 2 nitrogen and oxygen atoms in total. The standard InChI is InChI=1S/C10H21NO/c1-4-7-8-9-10(5-2,6-3)11-12/h4-9H2,1-3H3. The van der Waals surface area contributed by atoms with Gasteiger partial charge in [-0.3, -0.25) is 0 Å². The lowest BCUT2D eigenvalue weighted by Crippen LogP contribution is -2.23. The van der Waals surface area contributed by atoms with E-state index in [4.69, 9.17) is 0 Å². The fraction of sp³-hybridized carbons (Fsp3) is 1.00. The monoisotopic (exact) mass is 171 g/mol. The summed E-state index contributed by atoms with van der Waals surface area (Å²) in [6.07, 6.45) is 6.31. The minimum atomic E-state index is -0.255. The lowest BCUT2D eigenvalue weighted by atomic mass is 9.88. The van der Waals surface area contributed by atoms with Crippen LogP contribution in [0.2, 0.25) is 0 Å². The predicted octanol–water partition coefficient (Wildman–Crippen LogP) is 3.89. The summed E-state index contributed by atoms with van der Waals surface area (Å²) in [4.78, 5) is 10.6. The molecule has 0 spiro atoms. The Hall–Kier alpha value is -0.400. The average Bonchev–Trinajstić information content (AvgIpc) is 2.14. The van der Waals surface area contributed by atoms with E-state index in [0.717, 1.165) is 25.7 Å². The third kappa shape index (κ3) is 3.33. The van der Waals surface area contributed by atoms with Crippen molar-refractivity contribution in [1.29, 1.82) is 0 Å². The van der Waals surface area contributed by atoms with Crippen LogP contribution in [0.25, 0.3) is 0 Å². The Bertz CT molecular complexity index is 119. The zero-order valence-corrected chi connectivity index (χ0v) is 8.60. The van der Waals surface area contributed by atoms with E-state index in [1.54, 1.807) is 0 Å². The van der Waals surface area contributed by atoms with Gasteiger partial charge in [0.05, 0.1) is 0 Å². The van der Waals surface area contributed by atoms with Crippen LogP contribution in [0.3, 0.4) is 0 Å². The van der Waals surface area contributed by atoms with Crippen LogP contribution in [-0.4, -0.2) is 5.54 Å². The second kappa shape index (κ2) is 6.15. The van der Waals surface area contributed by atoms with E-state index < -0.39 is 0 Å². The van der Waals surface area contributed by atoms with Crippen molar-refractivity contribution in [3.05, 3.63) is 4.91 Å². The first-order valence-corrected chi connectivity index (χ1v) is 5.09. The molecule has 2 heteroatoms. The third-order valence-electron chi connectivity index (χ3n) is 2.76. The molecule has 0 heterocycles. The van der Waals surface area contributed by atoms with E-state index in [-0.39, 0.29) is 5.54 Å². The van der Waals surface area contributed by atoms with Crippen molar-refractivity contribution in [3.8, 4) is 0 Å². The van der Waals surface area contributed by atoms with Gasteiger partial charge in [0, 0.05) is 0 Å². The van der Waals surface area contributed by atoms with Crippen LogP contribution in [0, 0.1) is 4.91 Å². The second-order valence-corrected chi connectivity index (χ2v) is 3.48. The van der Waals surface area contributed by atoms with Crippen LogP contribution in [0.4, 0.5) is 0 Å². The number of rotatable bonds is 7. The molecule has 0 aromatic heterocycles. The van der Waals surface area contributed by atoms with Gasteiger partial charge in [-0.25, -0.2) is 0 Å². The zero-order valence-electron chi connectivity index (χ0n) is 8.60. The molecular weight excluding hydrogens is 150 g/mol. The molecule has 0 fully saturated rings. The largest absolute Gasteiger partial charge is 0.150 e. The highest BCUT2D eigenvalue weighted by molar-refractivity contribution is 4.84. The Morgan fingerprint density at radius 2 is 1.67 bits per heavy atom. The number of nitrogens with zero attached hydrogens (tertiary/aromatic N) is 1. The molecule has 72 valence electrons. The van der Waals surface area contributed by atoms with Gasteiger partial charge >= 0.3 is 0 Å². The lowest BCUT2D eigenvalue weighted by Gasteiger charge is -2.22. The topological polar surface area (TPSA) is 29.4 Å². The molecule has 0 aromatic carbocycles. The Morgan fingerprint density at radius 1 is 1.08 bits per heavy atom. The summed E-state index contributed by atoms with van der Waals surface area (Å²) in [5, 5.41) is 3.28.